The van der Waals surface area contributed by atoms with Crippen molar-refractivity contribution in [3.63, 3.8) is 0 Å². The van der Waals surface area contributed by atoms with E-state index in [4.69, 9.17) is 9.47 Å². The van der Waals surface area contributed by atoms with Crippen molar-refractivity contribution in [3.05, 3.63) is 18.1 Å². The second-order valence-corrected chi connectivity index (χ2v) is 9.16. The summed E-state index contributed by atoms with van der Waals surface area (Å²) in [5.74, 6) is 0.0974. The lowest BCUT2D eigenvalue weighted by molar-refractivity contribution is -0.181. The third kappa shape index (κ3) is 3.67. The van der Waals surface area contributed by atoms with Gasteiger partial charge in [-0.25, -0.2) is 18.4 Å². The van der Waals surface area contributed by atoms with Crippen molar-refractivity contribution < 1.29 is 22.7 Å². The number of likely N-dealkylation sites (tertiary alicyclic amines) is 1. The molecule has 3 aliphatic rings. The van der Waals surface area contributed by atoms with E-state index in [1.54, 1.807) is 4.90 Å². The zero-order valence-corrected chi connectivity index (χ0v) is 15.2. The molecule has 3 saturated heterocycles. The van der Waals surface area contributed by atoms with Crippen LogP contribution in [0.3, 0.4) is 0 Å². The van der Waals surface area contributed by atoms with Crippen molar-refractivity contribution in [2.75, 3.05) is 43.1 Å². The number of carbonyl (C=O) groups is 1. The van der Waals surface area contributed by atoms with Gasteiger partial charge in [-0.15, -0.1) is 0 Å². The fraction of sp³-hybridized carbons (Fsp3) is 0.688. The molecule has 0 bridgehead atoms. The first-order chi connectivity index (χ1) is 12.4. The lowest BCUT2D eigenvalue weighted by atomic mass is 10.0. The number of nitrogens with zero attached hydrogens (tertiary/aromatic N) is 3. The molecule has 3 fully saturated rings. The molecule has 4 rings (SSSR count). The molecule has 1 amide bonds. The molecule has 0 saturated carbocycles. The van der Waals surface area contributed by atoms with Gasteiger partial charge in [0.25, 0.3) is 5.91 Å². The fourth-order valence-corrected chi connectivity index (χ4v) is 5.30. The normalized spacial score (nSPS) is 26.9. The molecule has 1 aromatic heterocycles. The van der Waals surface area contributed by atoms with Gasteiger partial charge in [0.05, 0.1) is 37.1 Å². The fourth-order valence-electron chi connectivity index (χ4n) is 3.63. The van der Waals surface area contributed by atoms with Crippen LogP contribution in [0.4, 0.5) is 5.82 Å². The zero-order chi connectivity index (χ0) is 18.2. The number of carbonyl (C=O) groups excluding carboxylic acids is 1. The van der Waals surface area contributed by atoms with Crippen LogP contribution in [0, 0.1) is 0 Å². The maximum Gasteiger partial charge on any atom is 0.274 e. The van der Waals surface area contributed by atoms with E-state index in [0.717, 1.165) is 0 Å². The van der Waals surface area contributed by atoms with Crippen LogP contribution < -0.4 is 5.32 Å². The SMILES string of the molecule is O=C(c1cnc(NC2CCS(=O)(=O)C2)cn1)N1CCC2(CC1)OCCO2. The minimum atomic E-state index is -2.95. The molecule has 142 valence electrons. The van der Waals surface area contributed by atoms with E-state index < -0.39 is 15.6 Å². The monoisotopic (exact) mass is 382 g/mol. The van der Waals surface area contributed by atoms with Gasteiger partial charge in [0.2, 0.25) is 0 Å². The molecule has 1 aromatic rings. The van der Waals surface area contributed by atoms with Crippen LogP contribution in [-0.4, -0.2) is 78.8 Å². The summed E-state index contributed by atoms with van der Waals surface area (Å²) in [6, 6.07) is -0.152. The smallest absolute Gasteiger partial charge is 0.274 e. The van der Waals surface area contributed by atoms with Crippen LogP contribution in [0.15, 0.2) is 12.4 Å². The van der Waals surface area contributed by atoms with E-state index in [1.165, 1.54) is 12.4 Å². The number of nitrogens with one attached hydrogen (secondary N) is 1. The van der Waals surface area contributed by atoms with E-state index in [0.29, 0.717) is 51.4 Å². The number of rotatable bonds is 3. The molecule has 1 N–H and O–H groups in total. The Balaban J connectivity index is 1.34. The predicted molar refractivity (Wildman–Crippen MR) is 92.5 cm³/mol. The van der Waals surface area contributed by atoms with Gasteiger partial charge in [-0.05, 0) is 6.42 Å². The Labute approximate surface area is 152 Å². The Morgan fingerprint density at radius 3 is 2.50 bits per heavy atom. The topological polar surface area (TPSA) is 111 Å². The summed E-state index contributed by atoms with van der Waals surface area (Å²) >= 11 is 0. The minimum Gasteiger partial charge on any atom is -0.365 e. The van der Waals surface area contributed by atoms with Gasteiger partial charge in [0, 0.05) is 32.0 Å². The van der Waals surface area contributed by atoms with Gasteiger partial charge in [0.15, 0.2) is 15.6 Å². The number of amides is 1. The van der Waals surface area contributed by atoms with E-state index >= 15 is 0 Å². The summed E-state index contributed by atoms with van der Waals surface area (Å²) in [5.41, 5.74) is 0.277. The summed E-state index contributed by atoms with van der Waals surface area (Å²) in [5, 5.41) is 3.06. The lowest BCUT2D eigenvalue weighted by Gasteiger charge is -2.37. The predicted octanol–water partition coefficient (Wildman–Crippen LogP) is 0.0547. The number of sulfone groups is 1. The molecule has 10 heteroatoms. The number of hydrogen-bond acceptors (Lipinski definition) is 8. The van der Waals surface area contributed by atoms with Gasteiger partial charge >= 0.3 is 0 Å². The first-order valence-corrected chi connectivity index (χ1v) is 10.6. The standard InChI is InChI=1S/C16H22N4O5S/c21-15(20-4-2-16(3-5-20)24-6-7-25-16)13-9-18-14(10-17-13)19-12-1-8-26(22,23)11-12/h9-10,12H,1-8,11H2,(H,18,19). The van der Waals surface area contributed by atoms with Gasteiger partial charge in [0.1, 0.15) is 11.5 Å². The van der Waals surface area contributed by atoms with Crippen molar-refractivity contribution in [1.29, 1.82) is 0 Å². The van der Waals surface area contributed by atoms with Crippen LogP contribution in [-0.2, 0) is 19.3 Å². The summed E-state index contributed by atoms with van der Waals surface area (Å²) < 4.78 is 34.3. The van der Waals surface area contributed by atoms with Crippen LogP contribution in [0.1, 0.15) is 29.8 Å². The van der Waals surface area contributed by atoms with E-state index in [2.05, 4.69) is 15.3 Å². The average Bonchev–Trinajstić information content (AvgIpc) is 3.22. The highest BCUT2D eigenvalue weighted by Gasteiger charge is 2.41. The van der Waals surface area contributed by atoms with Crippen LogP contribution in [0.2, 0.25) is 0 Å². The van der Waals surface area contributed by atoms with E-state index in [9.17, 15) is 13.2 Å². The van der Waals surface area contributed by atoms with Gasteiger partial charge < -0.3 is 19.7 Å². The highest BCUT2D eigenvalue weighted by Crippen LogP contribution is 2.31. The summed E-state index contributed by atoms with van der Waals surface area (Å²) in [4.78, 5) is 22.7. The summed E-state index contributed by atoms with van der Waals surface area (Å²) in [6.07, 6.45) is 4.78. The maximum atomic E-state index is 12.6. The molecular formula is C16H22N4O5S. The van der Waals surface area contributed by atoms with Gasteiger partial charge in [-0.2, -0.15) is 0 Å². The summed E-state index contributed by atoms with van der Waals surface area (Å²) in [6.45, 7) is 2.33. The van der Waals surface area contributed by atoms with Crippen LogP contribution in [0.25, 0.3) is 0 Å². The third-order valence-corrected chi connectivity index (χ3v) is 6.85. The molecule has 26 heavy (non-hydrogen) atoms. The largest absolute Gasteiger partial charge is 0.365 e. The molecule has 4 heterocycles. The highest BCUT2D eigenvalue weighted by atomic mass is 32.2. The quantitative estimate of drug-likeness (QED) is 0.781. The Kier molecular flexibility index (Phi) is 4.57. The highest BCUT2D eigenvalue weighted by molar-refractivity contribution is 7.91. The molecule has 9 nitrogen and oxygen atoms in total. The van der Waals surface area contributed by atoms with Crippen molar-refractivity contribution in [1.82, 2.24) is 14.9 Å². The average molecular weight is 382 g/mol. The first kappa shape index (κ1) is 17.6. The molecular weight excluding hydrogens is 360 g/mol. The molecule has 1 atom stereocenters. The van der Waals surface area contributed by atoms with Gasteiger partial charge in [-0.1, -0.05) is 0 Å². The van der Waals surface area contributed by atoms with E-state index in [-0.39, 0.29) is 29.1 Å². The number of piperidine rings is 1. The lowest BCUT2D eigenvalue weighted by Crippen LogP contribution is -2.47. The third-order valence-electron chi connectivity index (χ3n) is 5.08. The van der Waals surface area contributed by atoms with E-state index in [1.807, 2.05) is 0 Å². The summed E-state index contributed by atoms with van der Waals surface area (Å²) in [7, 11) is -2.95. The second kappa shape index (κ2) is 6.75. The van der Waals surface area contributed by atoms with Crippen molar-refractivity contribution in [3.8, 4) is 0 Å². The number of hydrogen-bond donors (Lipinski definition) is 1. The Morgan fingerprint density at radius 2 is 1.92 bits per heavy atom. The Morgan fingerprint density at radius 1 is 1.19 bits per heavy atom. The molecule has 1 spiro atoms. The first-order valence-electron chi connectivity index (χ1n) is 8.81. The Bertz CT molecular complexity index is 766. The molecule has 0 radical (unpaired) electrons. The van der Waals surface area contributed by atoms with Gasteiger partial charge in [-0.3, -0.25) is 4.79 Å². The molecule has 0 aliphatic carbocycles. The molecule has 1 unspecified atom stereocenters. The molecule has 3 aliphatic heterocycles. The van der Waals surface area contributed by atoms with Crippen molar-refractivity contribution >= 4 is 21.6 Å². The van der Waals surface area contributed by atoms with Crippen molar-refractivity contribution in [2.24, 2.45) is 0 Å². The Hall–Kier alpha value is -1.78. The van der Waals surface area contributed by atoms with Crippen LogP contribution in [0.5, 0.6) is 0 Å². The number of aromatic nitrogens is 2. The molecule has 0 aromatic carbocycles. The van der Waals surface area contributed by atoms with Crippen molar-refractivity contribution in [2.45, 2.75) is 31.1 Å². The minimum absolute atomic E-state index is 0.106. The second-order valence-electron chi connectivity index (χ2n) is 6.93. The van der Waals surface area contributed by atoms with Crippen LogP contribution >= 0.6 is 0 Å². The zero-order valence-electron chi connectivity index (χ0n) is 14.4. The number of anilines is 1. The number of ether oxygens (including phenoxy) is 2. The maximum absolute atomic E-state index is 12.6.